The van der Waals surface area contributed by atoms with Crippen molar-refractivity contribution in [3.8, 4) is 11.5 Å². The summed E-state index contributed by atoms with van der Waals surface area (Å²) in [5.41, 5.74) is 1.76. The van der Waals surface area contributed by atoms with Gasteiger partial charge < -0.3 is 14.6 Å². The van der Waals surface area contributed by atoms with Crippen LogP contribution in [0.25, 0.3) is 0 Å². The van der Waals surface area contributed by atoms with E-state index in [0.29, 0.717) is 17.9 Å². The van der Waals surface area contributed by atoms with E-state index in [1.54, 1.807) is 14.2 Å². The van der Waals surface area contributed by atoms with Crippen molar-refractivity contribution in [1.29, 1.82) is 0 Å². The molecular formula is C12H15BrO4. The van der Waals surface area contributed by atoms with Gasteiger partial charge in [0.15, 0.2) is 0 Å². The van der Waals surface area contributed by atoms with Gasteiger partial charge in [-0.05, 0) is 24.6 Å². The van der Waals surface area contributed by atoms with Gasteiger partial charge in [-0.15, -0.1) is 0 Å². The van der Waals surface area contributed by atoms with Crippen LogP contribution in [0.5, 0.6) is 11.5 Å². The summed E-state index contributed by atoms with van der Waals surface area (Å²) < 4.78 is 10.5. The molecule has 1 unspecified atom stereocenters. The van der Waals surface area contributed by atoms with Crippen molar-refractivity contribution in [2.45, 2.75) is 18.2 Å². The molecule has 1 rings (SSSR count). The molecule has 0 aliphatic carbocycles. The van der Waals surface area contributed by atoms with E-state index >= 15 is 0 Å². The Labute approximate surface area is 109 Å². The number of carbonyl (C=O) groups is 1. The Balaban J connectivity index is 3.15. The molecule has 1 atom stereocenters. The van der Waals surface area contributed by atoms with Crippen molar-refractivity contribution in [1.82, 2.24) is 0 Å². The minimum absolute atomic E-state index is 0.308. The molecule has 0 heterocycles. The molecule has 0 aromatic heterocycles. The van der Waals surface area contributed by atoms with Gasteiger partial charge >= 0.3 is 5.97 Å². The number of alkyl halides is 1. The van der Waals surface area contributed by atoms with E-state index < -0.39 is 10.8 Å². The smallest absolute Gasteiger partial charge is 0.317 e. The maximum Gasteiger partial charge on any atom is 0.317 e. The van der Waals surface area contributed by atoms with Crippen LogP contribution in [-0.4, -0.2) is 30.1 Å². The zero-order valence-electron chi connectivity index (χ0n) is 9.99. The van der Waals surface area contributed by atoms with Crippen molar-refractivity contribution >= 4 is 21.9 Å². The summed E-state index contributed by atoms with van der Waals surface area (Å²) in [7, 11) is 3.11. The zero-order chi connectivity index (χ0) is 13.0. The Hall–Kier alpha value is -1.23. The second-order valence-electron chi connectivity index (χ2n) is 3.66. The first kappa shape index (κ1) is 13.8. The first-order chi connectivity index (χ1) is 7.99. The molecule has 1 aromatic rings. The maximum absolute atomic E-state index is 10.8. The predicted molar refractivity (Wildman–Crippen MR) is 68.3 cm³/mol. The average molecular weight is 303 g/mol. The summed E-state index contributed by atoms with van der Waals surface area (Å²) in [6.45, 7) is 1.93. The molecule has 0 saturated carbocycles. The number of ether oxygens (including phenoxy) is 2. The van der Waals surface area contributed by atoms with Gasteiger partial charge in [0.25, 0.3) is 0 Å². The van der Waals surface area contributed by atoms with Crippen molar-refractivity contribution in [2.75, 3.05) is 14.2 Å². The molecule has 0 bridgehead atoms. The lowest BCUT2D eigenvalue weighted by Crippen LogP contribution is -2.16. The van der Waals surface area contributed by atoms with Gasteiger partial charge in [-0.3, -0.25) is 4.79 Å². The van der Waals surface area contributed by atoms with Crippen LogP contribution in [-0.2, 0) is 11.2 Å². The summed E-state index contributed by atoms with van der Waals surface area (Å²) in [4.78, 5) is 10.2. The van der Waals surface area contributed by atoms with E-state index in [4.69, 9.17) is 14.6 Å². The Morgan fingerprint density at radius 2 is 1.82 bits per heavy atom. The number of benzene rings is 1. The number of methoxy groups -OCH3 is 2. The van der Waals surface area contributed by atoms with Gasteiger partial charge in [0.1, 0.15) is 16.3 Å². The lowest BCUT2D eigenvalue weighted by Gasteiger charge is -2.15. The Morgan fingerprint density at radius 1 is 1.35 bits per heavy atom. The van der Waals surface area contributed by atoms with Gasteiger partial charge in [-0.2, -0.15) is 0 Å². The molecule has 5 heteroatoms. The molecule has 4 nitrogen and oxygen atoms in total. The Bertz CT molecular complexity index is 392. The van der Waals surface area contributed by atoms with E-state index in [2.05, 4.69) is 15.9 Å². The fourth-order valence-electron chi connectivity index (χ4n) is 1.58. The molecule has 0 radical (unpaired) electrons. The van der Waals surface area contributed by atoms with Crippen LogP contribution in [0.15, 0.2) is 12.1 Å². The molecule has 1 N–H and O–H groups in total. The number of carboxylic acid groups (broad SMARTS) is 1. The Morgan fingerprint density at radius 3 is 2.18 bits per heavy atom. The molecule has 0 amide bonds. The number of aliphatic carboxylic acids is 1. The molecule has 0 aliphatic rings. The van der Waals surface area contributed by atoms with E-state index in [9.17, 15) is 4.79 Å². The van der Waals surface area contributed by atoms with Crippen LogP contribution in [0.4, 0.5) is 0 Å². The lowest BCUT2D eigenvalue weighted by atomic mass is 10.0. The Kier molecular flexibility index (Phi) is 4.81. The number of hydrogen-bond donors (Lipinski definition) is 1. The maximum atomic E-state index is 10.8. The van der Waals surface area contributed by atoms with Crippen LogP contribution in [0.3, 0.4) is 0 Å². The highest BCUT2D eigenvalue weighted by molar-refractivity contribution is 9.10. The van der Waals surface area contributed by atoms with Crippen LogP contribution < -0.4 is 9.47 Å². The highest BCUT2D eigenvalue weighted by Crippen LogP contribution is 2.32. The van der Waals surface area contributed by atoms with Crippen molar-refractivity contribution in [2.24, 2.45) is 0 Å². The molecule has 1 aromatic carbocycles. The van der Waals surface area contributed by atoms with E-state index in [0.717, 1.165) is 11.1 Å². The van der Waals surface area contributed by atoms with Crippen LogP contribution >= 0.6 is 15.9 Å². The summed E-state index contributed by atoms with van der Waals surface area (Å²) in [6.07, 6.45) is 0.308. The zero-order valence-corrected chi connectivity index (χ0v) is 11.6. The van der Waals surface area contributed by atoms with Gasteiger partial charge in [-0.1, -0.05) is 15.9 Å². The third-order valence-electron chi connectivity index (χ3n) is 2.40. The minimum Gasteiger partial charge on any atom is -0.496 e. The largest absolute Gasteiger partial charge is 0.496 e. The molecule has 94 valence electrons. The second kappa shape index (κ2) is 5.91. The standard InChI is InChI=1S/C12H15BrO4/c1-7-4-10(16-2)8(11(5-7)17-3)6-9(13)12(14)15/h4-5,9H,6H2,1-3H3,(H,14,15). The molecule has 0 fully saturated rings. The van der Waals surface area contributed by atoms with Crippen LogP contribution in [0.1, 0.15) is 11.1 Å². The highest BCUT2D eigenvalue weighted by Gasteiger charge is 2.20. The number of carboxylic acids is 1. The highest BCUT2D eigenvalue weighted by atomic mass is 79.9. The van der Waals surface area contributed by atoms with Gasteiger partial charge in [0, 0.05) is 12.0 Å². The van der Waals surface area contributed by atoms with Crippen LogP contribution in [0, 0.1) is 6.92 Å². The van der Waals surface area contributed by atoms with Gasteiger partial charge in [0.2, 0.25) is 0 Å². The third kappa shape index (κ3) is 3.36. The first-order valence-electron chi connectivity index (χ1n) is 5.08. The topological polar surface area (TPSA) is 55.8 Å². The fraction of sp³-hybridized carbons (Fsp3) is 0.417. The number of hydrogen-bond acceptors (Lipinski definition) is 3. The second-order valence-corrected chi connectivity index (χ2v) is 4.76. The van der Waals surface area contributed by atoms with E-state index in [1.807, 2.05) is 19.1 Å². The predicted octanol–water partition coefficient (Wildman–Crippen LogP) is 2.40. The van der Waals surface area contributed by atoms with Gasteiger partial charge in [-0.25, -0.2) is 0 Å². The number of aryl methyl sites for hydroxylation is 1. The van der Waals surface area contributed by atoms with Crippen molar-refractivity contribution < 1.29 is 19.4 Å². The number of rotatable bonds is 5. The normalized spacial score (nSPS) is 12.0. The third-order valence-corrected chi connectivity index (χ3v) is 3.12. The summed E-state index contributed by atoms with van der Waals surface area (Å²) in [6, 6.07) is 3.72. The van der Waals surface area contributed by atoms with E-state index in [-0.39, 0.29) is 0 Å². The molecule has 0 saturated heterocycles. The molecule has 0 spiro atoms. The fourth-order valence-corrected chi connectivity index (χ4v) is 1.91. The summed E-state index contributed by atoms with van der Waals surface area (Å²) >= 11 is 3.11. The van der Waals surface area contributed by atoms with E-state index in [1.165, 1.54) is 0 Å². The number of halogens is 1. The first-order valence-corrected chi connectivity index (χ1v) is 5.99. The average Bonchev–Trinajstić information content (AvgIpc) is 2.30. The SMILES string of the molecule is COc1cc(C)cc(OC)c1CC(Br)C(=O)O. The quantitative estimate of drug-likeness (QED) is 0.849. The monoisotopic (exact) mass is 302 g/mol. The minimum atomic E-state index is -0.908. The van der Waals surface area contributed by atoms with Crippen molar-refractivity contribution in [3.05, 3.63) is 23.3 Å². The molecular weight excluding hydrogens is 288 g/mol. The van der Waals surface area contributed by atoms with Crippen LogP contribution in [0.2, 0.25) is 0 Å². The molecule has 0 aliphatic heterocycles. The lowest BCUT2D eigenvalue weighted by molar-refractivity contribution is -0.136. The summed E-state index contributed by atoms with van der Waals surface area (Å²) in [5, 5.41) is 8.90. The van der Waals surface area contributed by atoms with Crippen molar-refractivity contribution in [3.63, 3.8) is 0 Å². The van der Waals surface area contributed by atoms with Gasteiger partial charge in [0.05, 0.1) is 14.2 Å². The summed E-state index contributed by atoms with van der Waals surface area (Å²) in [5.74, 6) is 0.384. The molecule has 17 heavy (non-hydrogen) atoms.